The summed E-state index contributed by atoms with van der Waals surface area (Å²) in [6.45, 7) is -0.123. The lowest BCUT2D eigenvalue weighted by Crippen LogP contribution is -2.59. The van der Waals surface area contributed by atoms with Crippen LogP contribution in [0, 0.1) is 0 Å². The summed E-state index contributed by atoms with van der Waals surface area (Å²) in [7, 11) is 0. The lowest BCUT2D eigenvalue weighted by Gasteiger charge is -2.40. The van der Waals surface area contributed by atoms with Gasteiger partial charge in [-0.1, -0.05) is 164 Å². The van der Waals surface area contributed by atoms with E-state index in [2.05, 4.69) is 246 Å². The first kappa shape index (κ1) is 40.1. The molecule has 0 fully saturated rings. The van der Waals surface area contributed by atoms with Gasteiger partial charge in [-0.15, -0.1) is 22.7 Å². The quantitative estimate of drug-likeness (QED) is 0.160. The van der Waals surface area contributed by atoms with E-state index < -0.39 is 0 Å². The molecule has 0 spiro atoms. The second-order valence-electron chi connectivity index (χ2n) is 19.2. The zero-order valence-electron chi connectivity index (χ0n) is 38.7. The molecule has 0 atom stereocenters. The summed E-state index contributed by atoms with van der Waals surface area (Å²) in [6, 6.07) is 87.5. The fourth-order valence-electron chi connectivity index (χ4n) is 12.0. The van der Waals surface area contributed by atoms with Crippen molar-refractivity contribution in [1.82, 2.24) is 4.57 Å². The minimum Gasteiger partial charge on any atom is -0.458 e. The second kappa shape index (κ2) is 15.4. The first-order valence-electron chi connectivity index (χ1n) is 24.6. The van der Waals surface area contributed by atoms with Crippen molar-refractivity contribution in [2.24, 2.45) is 0 Å². The molecule has 0 saturated heterocycles. The monoisotopic (exact) mass is 950 g/mol. The van der Waals surface area contributed by atoms with Gasteiger partial charge in [0, 0.05) is 74.2 Å². The lowest BCUT2D eigenvalue weighted by molar-refractivity contribution is 0.487. The van der Waals surface area contributed by atoms with Crippen molar-refractivity contribution in [3.8, 4) is 50.6 Å². The summed E-state index contributed by atoms with van der Waals surface area (Å²) in [5.41, 5.74) is 17.5. The highest BCUT2D eigenvalue weighted by molar-refractivity contribution is 7.26. The van der Waals surface area contributed by atoms with Crippen molar-refractivity contribution in [1.29, 1.82) is 0 Å². The summed E-state index contributed by atoms with van der Waals surface area (Å²) in [5.74, 6) is 1.75. The van der Waals surface area contributed by atoms with Crippen molar-refractivity contribution in [2.45, 2.75) is 0 Å². The summed E-state index contributed by atoms with van der Waals surface area (Å²) in [5, 5.41) is 7.69. The maximum atomic E-state index is 7.32. The molecule has 5 heterocycles. The molecule has 0 N–H and O–H groups in total. The highest BCUT2D eigenvalue weighted by Gasteiger charge is 2.43. The fourth-order valence-corrected chi connectivity index (χ4v) is 14.2. The second-order valence-corrected chi connectivity index (χ2v) is 21.3. The Morgan fingerprint density at radius 2 is 0.819 bits per heavy atom. The van der Waals surface area contributed by atoms with Crippen LogP contribution in [0.2, 0.25) is 0 Å². The van der Waals surface area contributed by atoms with E-state index in [0.29, 0.717) is 0 Å². The SMILES string of the molecule is c1ccc(-c2ccc(N3c4ccc(-c5ccc6c(c5)sc5ccccc56)cc4B4c5cc(-c6ccc7c(c6)sc6ccccc67)ccc5Oc5cc(-n6c7ccccc7c7ccccc76)cc3c54)cc2)cc1. The molecular weight excluding hydrogens is 912 g/mol. The summed E-state index contributed by atoms with van der Waals surface area (Å²) >= 11 is 3.74. The Hall–Kier alpha value is -8.68. The van der Waals surface area contributed by atoms with E-state index in [1.54, 1.807) is 0 Å². The van der Waals surface area contributed by atoms with Crippen molar-refractivity contribution >= 4 is 125 Å². The van der Waals surface area contributed by atoms with Crippen LogP contribution in [0.5, 0.6) is 11.5 Å². The Bertz CT molecular complexity index is 4510. The Morgan fingerprint density at radius 3 is 1.47 bits per heavy atom. The standard InChI is InChI=1S/C66H39BN2OS2/c1-2-12-40(13-3-1)41-22-28-46(29-23-41)68-58-32-26-42(44-24-30-52-50-16-6-10-20-62(50)71-64(52)36-44)34-54(58)67-55-35-43(45-25-31-53-51-17-7-11-21-63(51)72-65(53)37-45)27-33-60(55)70-61-39-47(38-59(68)66(61)67)69-56-18-8-4-14-48(56)49-15-5-9-19-57(49)69/h1-39H. The molecule has 334 valence electrons. The Balaban J connectivity index is 0.946. The van der Waals surface area contributed by atoms with Gasteiger partial charge in [0.15, 0.2) is 0 Å². The Morgan fingerprint density at radius 1 is 0.319 bits per heavy atom. The van der Waals surface area contributed by atoms with Gasteiger partial charge in [-0.25, -0.2) is 0 Å². The van der Waals surface area contributed by atoms with E-state index in [4.69, 9.17) is 4.74 Å². The minimum atomic E-state index is -0.123. The average molecular weight is 951 g/mol. The number of aromatic nitrogens is 1. The summed E-state index contributed by atoms with van der Waals surface area (Å²) in [6.07, 6.45) is 0. The summed E-state index contributed by atoms with van der Waals surface area (Å²) in [4.78, 5) is 2.49. The highest BCUT2D eigenvalue weighted by Crippen LogP contribution is 2.46. The maximum Gasteiger partial charge on any atom is 0.256 e. The van der Waals surface area contributed by atoms with Gasteiger partial charge in [0.1, 0.15) is 11.5 Å². The van der Waals surface area contributed by atoms with Crippen molar-refractivity contribution in [3.05, 3.63) is 237 Å². The van der Waals surface area contributed by atoms with Crippen molar-refractivity contribution < 1.29 is 4.74 Å². The first-order chi connectivity index (χ1) is 35.7. The molecule has 3 nitrogen and oxygen atoms in total. The molecule has 0 radical (unpaired) electrons. The van der Waals surface area contributed by atoms with E-state index in [0.717, 1.165) is 45.3 Å². The number of thiophene rings is 2. The normalized spacial score (nSPS) is 12.8. The number of rotatable bonds is 5. The average Bonchev–Trinajstić information content (AvgIpc) is 4.12. The molecule has 0 unspecified atom stereocenters. The van der Waals surface area contributed by atoms with Crippen LogP contribution in [0.15, 0.2) is 237 Å². The number of anilines is 3. The summed E-state index contributed by atoms with van der Waals surface area (Å²) < 4.78 is 15.0. The predicted octanol–water partition coefficient (Wildman–Crippen LogP) is 16.9. The molecule has 3 aromatic heterocycles. The van der Waals surface area contributed by atoms with Crippen molar-refractivity contribution in [3.63, 3.8) is 0 Å². The molecule has 6 heteroatoms. The smallest absolute Gasteiger partial charge is 0.256 e. The van der Waals surface area contributed by atoms with E-state index in [1.165, 1.54) is 101 Å². The molecular formula is C66H39BN2OS2. The number of hydrogen-bond donors (Lipinski definition) is 0. The van der Waals surface area contributed by atoms with Gasteiger partial charge in [0.25, 0.3) is 6.71 Å². The third-order valence-electron chi connectivity index (χ3n) is 15.2. The lowest BCUT2D eigenvalue weighted by atomic mass is 9.34. The van der Waals surface area contributed by atoms with Gasteiger partial charge in [-0.3, -0.25) is 0 Å². The van der Waals surface area contributed by atoms with Gasteiger partial charge in [0.2, 0.25) is 0 Å². The Labute approximate surface area is 423 Å². The van der Waals surface area contributed by atoms with E-state index >= 15 is 0 Å². The molecule has 2 aliphatic rings. The number of nitrogens with zero attached hydrogens (tertiary/aromatic N) is 2. The van der Waals surface area contributed by atoms with Crippen LogP contribution in [0.1, 0.15) is 0 Å². The minimum absolute atomic E-state index is 0.123. The molecule has 0 aliphatic carbocycles. The maximum absolute atomic E-state index is 7.32. The van der Waals surface area contributed by atoms with E-state index in [1.807, 2.05) is 22.7 Å². The number of benzene rings is 11. The van der Waals surface area contributed by atoms with Crippen LogP contribution >= 0.6 is 22.7 Å². The van der Waals surface area contributed by atoms with Crippen LogP contribution in [-0.4, -0.2) is 11.3 Å². The van der Waals surface area contributed by atoms with Crippen LogP contribution in [-0.2, 0) is 0 Å². The zero-order chi connectivity index (χ0) is 47.0. The van der Waals surface area contributed by atoms with Gasteiger partial charge in [-0.05, 0) is 116 Å². The van der Waals surface area contributed by atoms with Gasteiger partial charge >= 0.3 is 0 Å². The molecule has 2 aliphatic heterocycles. The Kier molecular flexibility index (Phi) is 8.58. The third kappa shape index (κ3) is 5.97. The molecule has 11 aromatic carbocycles. The molecule has 14 aromatic rings. The number of hydrogen-bond acceptors (Lipinski definition) is 4. The topological polar surface area (TPSA) is 17.4 Å². The number of para-hydroxylation sites is 2. The van der Waals surface area contributed by atoms with E-state index in [-0.39, 0.29) is 6.71 Å². The van der Waals surface area contributed by atoms with Crippen LogP contribution in [0.3, 0.4) is 0 Å². The molecule has 0 saturated carbocycles. The van der Waals surface area contributed by atoms with Crippen LogP contribution in [0.4, 0.5) is 17.1 Å². The first-order valence-corrected chi connectivity index (χ1v) is 26.2. The van der Waals surface area contributed by atoms with Crippen molar-refractivity contribution in [2.75, 3.05) is 4.90 Å². The van der Waals surface area contributed by atoms with E-state index in [9.17, 15) is 0 Å². The molecule has 16 rings (SSSR count). The third-order valence-corrected chi connectivity index (χ3v) is 17.5. The fraction of sp³-hybridized carbons (Fsp3) is 0. The molecule has 0 amide bonds. The number of ether oxygens (including phenoxy) is 1. The molecule has 72 heavy (non-hydrogen) atoms. The van der Waals surface area contributed by atoms with Gasteiger partial charge in [0.05, 0.1) is 16.7 Å². The van der Waals surface area contributed by atoms with Gasteiger partial charge < -0.3 is 14.2 Å². The van der Waals surface area contributed by atoms with Crippen LogP contribution in [0.25, 0.3) is 101 Å². The zero-order valence-corrected chi connectivity index (χ0v) is 40.3. The predicted molar refractivity (Wildman–Crippen MR) is 309 cm³/mol. The highest BCUT2D eigenvalue weighted by atomic mass is 32.1. The van der Waals surface area contributed by atoms with Crippen LogP contribution < -0.4 is 26.0 Å². The molecule has 0 bridgehead atoms. The number of fused-ring (bicyclic) bond motifs is 13. The van der Waals surface area contributed by atoms with Gasteiger partial charge in [-0.2, -0.15) is 0 Å². The largest absolute Gasteiger partial charge is 0.458 e.